The second-order valence-corrected chi connectivity index (χ2v) is 8.72. The molecule has 0 unspecified atom stereocenters. The van der Waals surface area contributed by atoms with Crippen LogP contribution in [0.1, 0.15) is 30.9 Å². The van der Waals surface area contributed by atoms with Crippen LogP contribution >= 0.6 is 23.2 Å². The zero-order chi connectivity index (χ0) is 22.1. The van der Waals surface area contributed by atoms with E-state index in [1.165, 1.54) is 0 Å². The van der Waals surface area contributed by atoms with Gasteiger partial charge in [-0.3, -0.25) is 9.13 Å². The molecule has 0 spiro atoms. The van der Waals surface area contributed by atoms with Gasteiger partial charge in [0.1, 0.15) is 11.3 Å². The minimum atomic E-state index is -0.0762. The van der Waals surface area contributed by atoms with Gasteiger partial charge < -0.3 is 15.4 Å². The van der Waals surface area contributed by atoms with Gasteiger partial charge in [-0.05, 0) is 49.4 Å². The van der Waals surface area contributed by atoms with E-state index in [2.05, 4.69) is 14.9 Å². The Hall–Kier alpha value is -2.29. The highest BCUT2D eigenvalue weighted by Crippen LogP contribution is 2.30. The number of piperidine rings is 1. The first-order valence-electron chi connectivity index (χ1n) is 10.4. The molecule has 0 saturated carbocycles. The van der Waals surface area contributed by atoms with Crippen LogP contribution in [0, 0.1) is 6.92 Å². The summed E-state index contributed by atoms with van der Waals surface area (Å²) in [5, 5.41) is 0.733. The molecule has 8 nitrogen and oxygen atoms in total. The van der Waals surface area contributed by atoms with Crippen molar-refractivity contribution in [3.8, 4) is 5.75 Å². The van der Waals surface area contributed by atoms with E-state index in [-0.39, 0.29) is 17.0 Å². The van der Waals surface area contributed by atoms with Crippen molar-refractivity contribution in [2.24, 2.45) is 7.05 Å². The minimum absolute atomic E-state index is 0.0762. The number of fused-ring (bicyclic) bond motifs is 1. The number of nitrogens with zero attached hydrogens (tertiary/aromatic N) is 5. The summed E-state index contributed by atoms with van der Waals surface area (Å²) in [5.41, 5.74) is 8.79. The lowest BCUT2D eigenvalue weighted by Gasteiger charge is -2.32. The van der Waals surface area contributed by atoms with Gasteiger partial charge in [-0.1, -0.05) is 11.6 Å². The van der Waals surface area contributed by atoms with Crippen LogP contribution in [0.25, 0.3) is 11.2 Å². The average molecular weight is 465 g/mol. The minimum Gasteiger partial charge on any atom is -0.492 e. The number of hydrogen-bond acceptors (Lipinski definition) is 6. The second kappa shape index (κ2) is 9.06. The predicted octanol–water partition coefficient (Wildman–Crippen LogP) is 3.43. The van der Waals surface area contributed by atoms with E-state index >= 15 is 0 Å². The van der Waals surface area contributed by atoms with Crippen LogP contribution in [-0.2, 0) is 7.05 Å². The first-order valence-corrected chi connectivity index (χ1v) is 11.1. The molecule has 3 aromatic rings. The van der Waals surface area contributed by atoms with Gasteiger partial charge in [0.15, 0.2) is 5.65 Å². The summed E-state index contributed by atoms with van der Waals surface area (Å²) in [7, 11) is 1.74. The van der Waals surface area contributed by atoms with Crippen molar-refractivity contribution in [2.75, 3.05) is 32.0 Å². The predicted molar refractivity (Wildman–Crippen MR) is 123 cm³/mol. The number of nitrogen functional groups attached to an aromatic ring is 1. The van der Waals surface area contributed by atoms with Gasteiger partial charge in [-0.25, -0.2) is 9.78 Å². The maximum Gasteiger partial charge on any atom is 0.330 e. The van der Waals surface area contributed by atoms with Gasteiger partial charge >= 0.3 is 5.69 Å². The summed E-state index contributed by atoms with van der Waals surface area (Å²) < 4.78 is 9.17. The summed E-state index contributed by atoms with van der Waals surface area (Å²) in [4.78, 5) is 23.5. The lowest BCUT2D eigenvalue weighted by atomic mass is 10.0. The third-order valence-corrected chi connectivity index (χ3v) is 6.40. The monoisotopic (exact) mass is 464 g/mol. The Balaban J connectivity index is 1.31. The summed E-state index contributed by atoms with van der Waals surface area (Å²) in [6.07, 6.45) is 4.24. The van der Waals surface area contributed by atoms with Crippen molar-refractivity contribution in [3.63, 3.8) is 0 Å². The van der Waals surface area contributed by atoms with Gasteiger partial charge in [0.25, 0.3) is 0 Å². The summed E-state index contributed by atoms with van der Waals surface area (Å²) in [6.45, 7) is 5.22. The van der Waals surface area contributed by atoms with Crippen LogP contribution in [0.15, 0.2) is 23.1 Å². The number of nitrogens with two attached hydrogens (primary N) is 1. The molecule has 0 bridgehead atoms. The maximum atomic E-state index is 12.8. The summed E-state index contributed by atoms with van der Waals surface area (Å²) in [5.74, 6) is 0.624. The molecule has 0 atom stereocenters. The molecule has 1 aromatic carbocycles. The molecule has 2 aromatic heterocycles. The Bertz CT molecular complexity index is 1150. The first-order chi connectivity index (χ1) is 14.8. The Morgan fingerprint density at radius 2 is 2.00 bits per heavy atom. The number of benzene rings is 1. The number of halogens is 2. The number of rotatable bonds is 6. The highest BCUT2D eigenvalue weighted by atomic mass is 35.5. The van der Waals surface area contributed by atoms with Crippen molar-refractivity contribution >= 4 is 40.1 Å². The van der Waals surface area contributed by atoms with E-state index in [0.29, 0.717) is 34.2 Å². The Morgan fingerprint density at radius 3 is 2.74 bits per heavy atom. The third kappa shape index (κ3) is 4.51. The summed E-state index contributed by atoms with van der Waals surface area (Å²) >= 11 is 12.2. The van der Waals surface area contributed by atoms with Crippen LogP contribution in [0.3, 0.4) is 0 Å². The number of hydrogen-bond donors (Lipinski definition) is 1. The van der Waals surface area contributed by atoms with Crippen LogP contribution in [-0.4, -0.2) is 50.2 Å². The number of imidazole rings is 1. The Labute approximate surface area is 190 Å². The summed E-state index contributed by atoms with van der Waals surface area (Å²) in [6, 6.07) is 3.70. The van der Waals surface area contributed by atoms with E-state index in [1.807, 2.05) is 13.0 Å². The highest BCUT2D eigenvalue weighted by Gasteiger charge is 2.25. The number of ether oxygens (including phenoxy) is 1. The normalized spacial score (nSPS) is 15.6. The first kappa shape index (κ1) is 21.9. The molecule has 4 rings (SSSR count). The molecule has 2 N–H and O–H groups in total. The molecular weight excluding hydrogens is 439 g/mol. The van der Waals surface area contributed by atoms with Crippen molar-refractivity contribution in [1.82, 2.24) is 24.0 Å². The quantitative estimate of drug-likeness (QED) is 0.341. The molecule has 10 heteroatoms. The fraction of sp³-hybridized carbons (Fsp3) is 0.476. The van der Waals surface area contributed by atoms with E-state index in [4.69, 9.17) is 33.7 Å². The van der Waals surface area contributed by atoms with Crippen LogP contribution in [0.2, 0.25) is 10.3 Å². The molecule has 0 radical (unpaired) electrons. The number of likely N-dealkylation sites (tertiary alicyclic amines) is 1. The second-order valence-electron chi connectivity index (χ2n) is 7.97. The average Bonchev–Trinajstić information content (AvgIpc) is 2.99. The molecule has 3 heterocycles. The lowest BCUT2D eigenvalue weighted by Crippen LogP contribution is -2.38. The molecule has 1 saturated heterocycles. The van der Waals surface area contributed by atoms with Gasteiger partial charge in [0.2, 0.25) is 5.28 Å². The Kier molecular flexibility index (Phi) is 6.41. The number of aryl methyl sites for hydroxylation is 2. The van der Waals surface area contributed by atoms with E-state index < -0.39 is 0 Å². The van der Waals surface area contributed by atoms with Crippen LogP contribution in [0.5, 0.6) is 5.75 Å². The highest BCUT2D eigenvalue weighted by molar-refractivity contribution is 6.32. The maximum absolute atomic E-state index is 12.8. The molecule has 1 aliphatic rings. The zero-order valence-electron chi connectivity index (χ0n) is 17.6. The molecule has 1 fully saturated rings. The van der Waals surface area contributed by atoms with Crippen molar-refractivity contribution in [1.29, 1.82) is 0 Å². The fourth-order valence-corrected chi connectivity index (χ4v) is 4.50. The van der Waals surface area contributed by atoms with E-state index in [1.54, 1.807) is 28.4 Å². The molecule has 166 valence electrons. The smallest absolute Gasteiger partial charge is 0.330 e. The lowest BCUT2D eigenvalue weighted by molar-refractivity contribution is 0.172. The topological polar surface area (TPSA) is 91.2 Å². The number of aromatic nitrogens is 4. The van der Waals surface area contributed by atoms with Crippen LogP contribution < -0.4 is 16.2 Å². The molecule has 0 aliphatic carbocycles. The van der Waals surface area contributed by atoms with Gasteiger partial charge in [0.05, 0.1) is 17.8 Å². The van der Waals surface area contributed by atoms with Gasteiger partial charge in [-0.2, -0.15) is 4.98 Å². The van der Waals surface area contributed by atoms with Crippen molar-refractivity contribution < 1.29 is 4.74 Å². The van der Waals surface area contributed by atoms with Gasteiger partial charge in [0, 0.05) is 44.5 Å². The standard InChI is InChI=1S/C21H26Cl2N6O2/c1-13-10-15(22)18(11-16(13)24)31-9-3-6-28-7-4-14(5-8-28)29-19-17(27(2)21(29)30)12-25-20(23)26-19/h10-12,14H,3-9,24H2,1-2H3. The fourth-order valence-electron chi connectivity index (χ4n) is 4.09. The Morgan fingerprint density at radius 1 is 1.26 bits per heavy atom. The molecular formula is C21H26Cl2N6O2. The van der Waals surface area contributed by atoms with E-state index in [0.717, 1.165) is 44.5 Å². The molecule has 31 heavy (non-hydrogen) atoms. The van der Waals surface area contributed by atoms with Crippen LogP contribution in [0.4, 0.5) is 5.69 Å². The SMILES string of the molecule is Cc1cc(Cl)c(OCCCN2CCC(n3c(=O)n(C)c4cnc(Cl)nc43)CC2)cc1N. The third-order valence-electron chi connectivity index (χ3n) is 5.92. The largest absolute Gasteiger partial charge is 0.492 e. The molecule has 0 amide bonds. The number of anilines is 1. The van der Waals surface area contributed by atoms with Gasteiger partial charge in [-0.15, -0.1) is 0 Å². The van der Waals surface area contributed by atoms with Crippen molar-refractivity contribution in [2.45, 2.75) is 32.2 Å². The zero-order valence-corrected chi connectivity index (χ0v) is 19.2. The molecule has 1 aliphatic heterocycles. The van der Waals surface area contributed by atoms with E-state index in [9.17, 15) is 4.79 Å². The van der Waals surface area contributed by atoms with Crippen molar-refractivity contribution in [3.05, 3.63) is 44.7 Å².